The standard InChI is InChI=1S/C41H69O10P/c1-3-5-7-8-9-10-11-12-13-14-15-19-27-33-40(44)49-35-39(36-50-52(46,47)48)51-41(45)34-28-20-17-16-18-24-30-38(43)32-26-22-21-25-31-37(42)29-23-6-4-2/h6,17-18,20-26,31-32,37-39,42-43H,3-5,7-16,19,27-30,33-36H2,1-2H3,(H2,46,47,48)/b20-17-,22-21-,23-6-,24-18-,31-25+,32-26+/t37-,38+,39+/m0/s1. The average Bonchev–Trinajstić information content (AvgIpc) is 3.10. The lowest BCUT2D eigenvalue weighted by molar-refractivity contribution is -0.161. The predicted molar refractivity (Wildman–Crippen MR) is 209 cm³/mol. The third-order valence-corrected chi connectivity index (χ3v) is 8.40. The van der Waals surface area contributed by atoms with Crippen molar-refractivity contribution < 1.29 is 48.2 Å². The second-order valence-corrected chi connectivity index (χ2v) is 14.2. The highest BCUT2D eigenvalue weighted by atomic mass is 31.2. The Morgan fingerprint density at radius 1 is 0.615 bits per heavy atom. The summed E-state index contributed by atoms with van der Waals surface area (Å²) in [6, 6.07) is 0. The maximum absolute atomic E-state index is 12.3. The summed E-state index contributed by atoms with van der Waals surface area (Å²) >= 11 is 0. The van der Waals surface area contributed by atoms with Crippen molar-refractivity contribution in [3.8, 4) is 0 Å². The van der Waals surface area contributed by atoms with Gasteiger partial charge in [0.25, 0.3) is 0 Å². The van der Waals surface area contributed by atoms with Crippen molar-refractivity contribution >= 4 is 19.8 Å². The number of aliphatic hydroxyl groups excluding tert-OH is 2. The first-order chi connectivity index (χ1) is 25.1. The van der Waals surface area contributed by atoms with E-state index in [1.165, 1.54) is 57.8 Å². The van der Waals surface area contributed by atoms with E-state index in [0.717, 1.165) is 25.7 Å². The second-order valence-electron chi connectivity index (χ2n) is 12.9. The normalized spacial score (nSPS) is 14.5. The van der Waals surface area contributed by atoms with Crippen LogP contribution in [0.3, 0.4) is 0 Å². The molecule has 0 aromatic rings. The molecule has 0 fully saturated rings. The molecular weight excluding hydrogens is 683 g/mol. The molecule has 0 heterocycles. The lowest BCUT2D eigenvalue weighted by Crippen LogP contribution is -2.29. The largest absolute Gasteiger partial charge is 0.469 e. The van der Waals surface area contributed by atoms with E-state index in [4.69, 9.17) is 19.3 Å². The molecule has 52 heavy (non-hydrogen) atoms. The molecule has 0 radical (unpaired) electrons. The zero-order valence-electron chi connectivity index (χ0n) is 31.9. The fourth-order valence-corrected chi connectivity index (χ4v) is 5.35. The van der Waals surface area contributed by atoms with Gasteiger partial charge in [0.2, 0.25) is 0 Å². The Hall–Kier alpha value is -2.59. The molecule has 4 N–H and O–H groups in total. The minimum atomic E-state index is -4.80. The third kappa shape index (κ3) is 37.2. The Kier molecular flexibility index (Phi) is 33.7. The molecule has 0 spiro atoms. The molecular formula is C41H69O10P. The third-order valence-electron chi connectivity index (χ3n) is 7.92. The number of carbonyl (C=O) groups excluding carboxylic acids is 2. The average molecular weight is 753 g/mol. The van der Waals surface area contributed by atoms with Crippen LogP contribution in [-0.2, 0) is 28.2 Å². The molecule has 0 saturated heterocycles. The molecule has 11 heteroatoms. The van der Waals surface area contributed by atoms with E-state index in [0.29, 0.717) is 32.1 Å². The Balaban J connectivity index is 4.24. The fourth-order valence-electron chi connectivity index (χ4n) is 4.98. The highest BCUT2D eigenvalue weighted by Gasteiger charge is 2.22. The smallest absolute Gasteiger partial charge is 0.462 e. The van der Waals surface area contributed by atoms with Gasteiger partial charge in [0.05, 0.1) is 18.8 Å². The van der Waals surface area contributed by atoms with Crippen molar-refractivity contribution in [1.29, 1.82) is 0 Å². The van der Waals surface area contributed by atoms with Crippen molar-refractivity contribution in [1.82, 2.24) is 0 Å². The van der Waals surface area contributed by atoms with Crippen LogP contribution in [0, 0.1) is 0 Å². The summed E-state index contributed by atoms with van der Waals surface area (Å²) in [7, 11) is -4.80. The van der Waals surface area contributed by atoms with Gasteiger partial charge in [-0.3, -0.25) is 14.1 Å². The molecule has 0 aliphatic rings. The predicted octanol–water partition coefficient (Wildman–Crippen LogP) is 9.45. The monoisotopic (exact) mass is 752 g/mol. The Morgan fingerprint density at radius 2 is 1.13 bits per heavy atom. The number of carbonyl (C=O) groups is 2. The van der Waals surface area contributed by atoms with E-state index in [9.17, 15) is 24.4 Å². The van der Waals surface area contributed by atoms with Gasteiger partial charge in [0.15, 0.2) is 6.10 Å². The van der Waals surface area contributed by atoms with Crippen LogP contribution in [0.25, 0.3) is 0 Å². The van der Waals surface area contributed by atoms with Gasteiger partial charge in [0.1, 0.15) is 6.61 Å². The summed E-state index contributed by atoms with van der Waals surface area (Å²) in [6.45, 7) is 3.33. The molecule has 0 unspecified atom stereocenters. The van der Waals surface area contributed by atoms with Crippen LogP contribution in [0.5, 0.6) is 0 Å². The van der Waals surface area contributed by atoms with Gasteiger partial charge in [-0.1, -0.05) is 164 Å². The van der Waals surface area contributed by atoms with Gasteiger partial charge in [-0.2, -0.15) is 0 Å². The summed E-state index contributed by atoms with van der Waals surface area (Å²) in [4.78, 5) is 42.7. The molecule has 0 amide bonds. The molecule has 10 nitrogen and oxygen atoms in total. The molecule has 3 atom stereocenters. The minimum Gasteiger partial charge on any atom is -0.462 e. The molecule has 0 aromatic carbocycles. The van der Waals surface area contributed by atoms with E-state index in [2.05, 4.69) is 11.4 Å². The number of ether oxygens (including phenoxy) is 2. The Morgan fingerprint density at radius 3 is 1.67 bits per heavy atom. The number of unbranched alkanes of at least 4 members (excludes halogenated alkanes) is 12. The second kappa shape index (κ2) is 35.4. The summed E-state index contributed by atoms with van der Waals surface area (Å²) < 4.78 is 26.2. The van der Waals surface area contributed by atoms with Gasteiger partial charge < -0.3 is 29.5 Å². The van der Waals surface area contributed by atoms with Crippen molar-refractivity contribution in [2.45, 2.75) is 161 Å². The summed E-state index contributed by atoms with van der Waals surface area (Å²) in [6.07, 6.45) is 38.4. The molecule has 0 aliphatic carbocycles. The number of rotatable bonds is 34. The first-order valence-corrected chi connectivity index (χ1v) is 21.0. The van der Waals surface area contributed by atoms with Crippen LogP contribution < -0.4 is 0 Å². The molecule has 0 aliphatic heterocycles. The number of esters is 2. The lowest BCUT2D eigenvalue weighted by Gasteiger charge is -2.18. The number of phosphoric acid groups is 1. The zero-order chi connectivity index (χ0) is 38.5. The van der Waals surface area contributed by atoms with Crippen LogP contribution in [-0.4, -0.2) is 63.5 Å². The number of allylic oxidation sites excluding steroid dienone is 8. The van der Waals surface area contributed by atoms with Crippen LogP contribution in [0.2, 0.25) is 0 Å². The van der Waals surface area contributed by atoms with Gasteiger partial charge >= 0.3 is 19.8 Å². The van der Waals surface area contributed by atoms with Crippen LogP contribution in [0.4, 0.5) is 0 Å². The van der Waals surface area contributed by atoms with E-state index < -0.39 is 44.7 Å². The quantitative estimate of drug-likeness (QED) is 0.0164. The summed E-state index contributed by atoms with van der Waals surface area (Å²) in [5.41, 5.74) is 0. The van der Waals surface area contributed by atoms with Gasteiger partial charge in [-0.05, 0) is 38.5 Å². The number of hydrogen-bond donors (Lipinski definition) is 4. The summed E-state index contributed by atoms with van der Waals surface area (Å²) in [5, 5.41) is 19.9. The van der Waals surface area contributed by atoms with E-state index >= 15 is 0 Å². The molecule has 0 bridgehead atoms. The first kappa shape index (κ1) is 49.4. The lowest BCUT2D eigenvalue weighted by atomic mass is 10.0. The summed E-state index contributed by atoms with van der Waals surface area (Å²) in [5.74, 6) is -1.06. The van der Waals surface area contributed by atoms with E-state index in [1.807, 2.05) is 43.4 Å². The first-order valence-electron chi connectivity index (χ1n) is 19.4. The highest BCUT2D eigenvalue weighted by Crippen LogP contribution is 2.36. The fraction of sp³-hybridized carbons (Fsp3) is 0.659. The maximum Gasteiger partial charge on any atom is 0.469 e. The van der Waals surface area contributed by atoms with Crippen molar-refractivity contribution in [2.24, 2.45) is 0 Å². The van der Waals surface area contributed by atoms with Crippen LogP contribution in [0.15, 0.2) is 72.9 Å². The van der Waals surface area contributed by atoms with Crippen molar-refractivity contribution in [2.75, 3.05) is 13.2 Å². The van der Waals surface area contributed by atoms with Gasteiger partial charge in [-0.15, -0.1) is 0 Å². The van der Waals surface area contributed by atoms with Gasteiger partial charge in [-0.25, -0.2) is 4.57 Å². The number of phosphoric ester groups is 1. The molecule has 0 aromatic heterocycles. The highest BCUT2D eigenvalue weighted by molar-refractivity contribution is 7.46. The molecule has 298 valence electrons. The number of aliphatic hydroxyl groups is 2. The molecule has 0 saturated carbocycles. The van der Waals surface area contributed by atoms with Gasteiger partial charge in [0, 0.05) is 12.8 Å². The Labute approximate surface area is 314 Å². The van der Waals surface area contributed by atoms with Crippen LogP contribution in [0.1, 0.15) is 142 Å². The number of hydrogen-bond acceptors (Lipinski definition) is 8. The maximum atomic E-state index is 12.3. The Bertz CT molecular complexity index is 1100. The topological polar surface area (TPSA) is 160 Å². The van der Waals surface area contributed by atoms with Crippen LogP contribution >= 0.6 is 7.82 Å². The van der Waals surface area contributed by atoms with Crippen molar-refractivity contribution in [3.63, 3.8) is 0 Å². The molecule has 0 rings (SSSR count). The zero-order valence-corrected chi connectivity index (χ0v) is 32.8. The minimum absolute atomic E-state index is 0.0284. The van der Waals surface area contributed by atoms with E-state index in [1.54, 1.807) is 36.5 Å². The SMILES string of the molecule is CC/C=C\C[C@H](O)/C=C/C=C\C=C\[C@H](O)C/C=C\C/C=C\CCC(=O)O[C@H](COC(=O)CCCCCCCCCCCCCCC)COP(=O)(O)O. The van der Waals surface area contributed by atoms with Crippen molar-refractivity contribution in [3.05, 3.63) is 72.9 Å². The van der Waals surface area contributed by atoms with E-state index in [-0.39, 0.29) is 19.4 Å².